The van der Waals surface area contributed by atoms with E-state index in [4.69, 9.17) is 9.47 Å². The third-order valence-electron chi connectivity index (χ3n) is 5.35. The minimum Gasteiger partial charge on any atom is -0.494 e. The minimum atomic E-state index is -0.554. The van der Waals surface area contributed by atoms with Gasteiger partial charge in [0.2, 0.25) is 5.91 Å². The largest absolute Gasteiger partial charge is 0.494 e. The van der Waals surface area contributed by atoms with Gasteiger partial charge in [0.15, 0.2) is 0 Å². The lowest BCUT2D eigenvalue weighted by Gasteiger charge is -2.13. The maximum Gasteiger partial charge on any atom is 0.294 e. The highest BCUT2D eigenvalue weighted by Crippen LogP contribution is 2.34. The number of ether oxygens (including phenoxy) is 2. The molecule has 9 heteroatoms. The summed E-state index contributed by atoms with van der Waals surface area (Å²) in [5, 5.41) is 11.4. The second kappa shape index (κ2) is 11.9. The van der Waals surface area contributed by atoms with Crippen molar-refractivity contribution < 1.29 is 23.9 Å². The predicted octanol–water partition coefficient (Wildman–Crippen LogP) is 5.21. The van der Waals surface area contributed by atoms with E-state index in [0.29, 0.717) is 34.9 Å². The van der Waals surface area contributed by atoms with Crippen LogP contribution in [0.5, 0.6) is 11.5 Å². The number of imide groups is 1. The molecular formula is C28H23N3O5S. The summed E-state index contributed by atoms with van der Waals surface area (Å²) in [6.45, 7) is 2.17. The van der Waals surface area contributed by atoms with E-state index < -0.39 is 23.6 Å². The summed E-state index contributed by atoms with van der Waals surface area (Å²) in [6.07, 6.45) is 1.57. The zero-order chi connectivity index (χ0) is 26.2. The SMILES string of the molecule is CCOc1ccc(NC(=O)CN2C(=O)S/C(=C/c3ccccc3OCc3ccccc3C#N)C2=O)cc1. The van der Waals surface area contributed by atoms with Crippen molar-refractivity contribution in [3.63, 3.8) is 0 Å². The number of thioether (sulfide) groups is 1. The molecule has 3 amide bonds. The van der Waals surface area contributed by atoms with Gasteiger partial charge in [-0.1, -0.05) is 36.4 Å². The summed E-state index contributed by atoms with van der Waals surface area (Å²) in [4.78, 5) is 39.1. The van der Waals surface area contributed by atoms with Crippen LogP contribution in [0.15, 0.2) is 77.7 Å². The van der Waals surface area contributed by atoms with E-state index >= 15 is 0 Å². The molecule has 8 nitrogen and oxygen atoms in total. The van der Waals surface area contributed by atoms with Crippen molar-refractivity contribution in [2.75, 3.05) is 18.5 Å². The minimum absolute atomic E-state index is 0.168. The smallest absolute Gasteiger partial charge is 0.294 e. The molecule has 1 N–H and O–H groups in total. The van der Waals surface area contributed by atoms with E-state index in [-0.39, 0.29) is 11.5 Å². The number of carbonyl (C=O) groups excluding carboxylic acids is 3. The van der Waals surface area contributed by atoms with Crippen molar-refractivity contribution >= 4 is 40.6 Å². The first-order valence-corrected chi connectivity index (χ1v) is 12.3. The van der Waals surface area contributed by atoms with Crippen LogP contribution < -0.4 is 14.8 Å². The van der Waals surface area contributed by atoms with Crippen LogP contribution in [0.4, 0.5) is 10.5 Å². The Kier molecular flexibility index (Phi) is 8.23. The summed E-state index contributed by atoms with van der Waals surface area (Å²) in [6, 6.07) is 23.2. The number of rotatable bonds is 9. The maximum atomic E-state index is 12.9. The number of hydrogen-bond acceptors (Lipinski definition) is 7. The van der Waals surface area contributed by atoms with Gasteiger partial charge >= 0.3 is 0 Å². The van der Waals surface area contributed by atoms with Gasteiger partial charge in [0.05, 0.1) is 23.1 Å². The van der Waals surface area contributed by atoms with Crippen molar-refractivity contribution in [3.8, 4) is 17.6 Å². The van der Waals surface area contributed by atoms with Gasteiger partial charge < -0.3 is 14.8 Å². The molecule has 0 unspecified atom stereocenters. The first kappa shape index (κ1) is 25.5. The zero-order valence-electron chi connectivity index (χ0n) is 20.0. The highest BCUT2D eigenvalue weighted by molar-refractivity contribution is 8.18. The van der Waals surface area contributed by atoms with Crippen LogP contribution in [-0.2, 0) is 16.2 Å². The quantitative estimate of drug-likeness (QED) is 0.391. The standard InChI is InChI=1S/C28H23N3O5S/c1-2-35-23-13-11-22(12-14-23)30-26(32)17-31-27(33)25(37-28(31)34)15-19-7-5-6-10-24(19)36-18-21-9-4-3-8-20(21)16-29/h3-15H,2,17-18H2,1H3,(H,30,32)/b25-15+. The number of nitriles is 1. The van der Waals surface area contributed by atoms with Crippen LogP contribution in [0.1, 0.15) is 23.6 Å². The molecule has 0 aromatic heterocycles. The lowest BCUT2D eigenvalue weighted by atomic mass is 10.1. The maximum absolute atomic E-state index is 12.9. The fourth-order valence-electron chi connectivity index (χ4n) is 3.56. The van der Waals surface area contributed by atoms with Crippen molar-refractivity contribution in [2.45, 2.75) is 13.5 Å². The lowest BCUT2D eigenvalue weighted by molar-refractivity contribution is -0.127. The average molecular weight is 514 g/mol. The highest BCUT2D eigenvalue weighted by atomic mass is 32.2. The second-order valence-corrected chi connectivity index (χ2v) is 8.86. The van der Waals surface area contributed by atoms with Crippen molar-refractivity contribution in [3.05, 3.63) is 94.4 Å². The number of amides is 3. The average Bonchev–Trinajstić information content (AvgIpc) is 3.16. The first-order chi connectivity index (χ1) is 18.0. The molecule has 186 valence electrons. The first-order valence-electron chi connectivity index (χ1n) is 11.5. The summed E-state index contributed by atoms with van der Waals surface area (Å²) in [5.41, 5.74) is 2.38. The van der Waals surface area contributed by atoms with E-state index in [9.17, 15) is 19.6 Å². The van der Waals surface area contributed by atoms with Crippen molar-refractivity contribution in [1.82, 2.24) is 4.90 Å². The molecule has 3 aromatic carbocycles. The van der Waals surface area contributed by atoms with Crippen LogP contribution in [0.3, 0.4) is 0 Å². The molecule has 1 saturated heterocycles. The molecule has 3 aromatic rings. The Labute approximate surface area is 218 Å². The Morgan fingerprint density at radius 2 is 1.76 bits per heavy atom. The summed E-state index contributed by atoms with van der Waals surface area (Å²) in [7, 11) is 0. The Morgan fingerprint density at radius 3 is 2.51 bits per heavy atom. The second-order valence-electron chi connectivity index (χ2n) is 7.87. The Hall–Kier alpha value is -4.55. The van der Waals surface area contributed by atoms with E-state index in [0.717, 1.165) is 22.2 Å². The number of nitrogens with one attached hydrogen (secondary N) is 1. The van der Waals surface area contributed by atoms with Crippen molar-refractivity contribution in [1.29, 1.82) is 5.26 Å². The summed E-state index contributed by atoms with van der Waals surface area (Å²) >= 11 is 0.765. The van der Waals surface area contributed by atoms with Gasteiger partial charge in [-0.2, -0.15) is 5.26 Å². The van der Waals surface area contributed by atoms with Crippen molar-refractivity contribution in [2.24, 2.45) is 0 Å². The van der Waals surface area contributed by atoms with Gasteiger partial charge in [0.25, 0.3) is 11.1 Å². The molecule has 0 spiro atoms. The third kappa shape index (κ3) is 6.37. The number of hydrogen-bond donors (Lipinski definition) is 1. The predicted molar refractivity (Wildman–Crippen MR) is 141 cm³/mol. The molecular weight excluding hydrogens is 490 g/mol. The topological polar surface area (TPSA) is 109 Å². The van der Waals surface area contributed by atoms with E-state index in [1.165, 1.54) is 0 Å². The van der Waals surface area contributed by atoms with Crippen LogP contribution in [0.25, 0.3) is 6.08 Å². The van der Waals surface area contributed by atoms with Gasteiger partial charge in [0.1, 0.15) is 24.7 Å². The van der Waals surface area contributed by atoms with E-state index in [1.807, 2.05) is 19.1 Å². The third-order valence-corrected chi connectivity index (χ3v) is 6.26. The number of carbonyl (C=O) groups is 3. The summed E-state index contributed by atoms with van der Waals surface area (Å²) < 4.78 is 11.3. The Morgan fingerprint density at radius 1 is 1.03 bits per heavy atom. The Balaban J connectivity index is 1.43. The number of para-hydroxylation sites is 1. The molecule has 1 aliphatic rings. The fourth-order valence-corrected chi connectivity index (χ4v) is 4.39. The molecule has 0 saturated carbocycles. The van der Waals surface area contributed by atoms with E-state index in [1.54, 1.807) is 66.7 Å². The monoisotopic (exact) mass is 513 g/mol. The lowest BCUT2D eigenvalue weighted by Crippen LogP contribution is -2.36. The fraction of sp³-hybridized carbons (Fsp3) is 0.143. The number of anilines is 1. The van der Waals surface area contributed by atoms with Crippen LogP contribution in [0, 0.1) is 11.3 Å². The highest BCUT2D eigenvalue weighted by Gasteiger charge is 2.36. The van der Waals surface area contributed by atoms with Gasteiger partial charge in [0, 0.05) is 16.8 Å². The zero-order valence-corrected chi connectivity index (χ0v) is 20.8. The molecule has 37 heavy (non-hydrogen) atoms. The Bertz CT molecular complexity index is 1400. The molecule has 0 bridgehead atoms. The van der Waals surface area contributed by atoms with Gasteiger partial charge in [-0.25, -0.2) is 0 Å². The van der Waals surface area contributed by atoms with Gasteiger partial charge in [-0.3, -0.25) is 19.3 Å². The van der Waals surface area contributed by atoms with Gasteiger partial charge in [-0.15, -0.1) is 0 Å². The molecule has 1 heterocycles. The normalized spacial score (nSPS) is 13.9. The molecule has 1 fully saturated rings. The molecule has 0 radical (unpaired) electrons. The van der Waals surface area contributed by atoms with Crippen LogP contribution in [-0.4, -0.2) is 35.1 Å². The number of nitrogens with zero attached hydrogens (tertiary/aromatic N) is 2. The molecule has 4 rings (SSSR count). The van der Waals surface area contributed by atoms with Gasteiger partial charge in [-0.05, 0) is 61.2 Å². The summed E-state index contributed by atoms with van der Waals surface area (Å²) in [5.74, 6) is 0.125. The van der Waals surface area contributed by atoms with Crippen LogP contribution >= 0.6 is 11.8 Å². The van der Waals surface area contributed by atoms with E-state index in [2.05, 4.69) is 11.4 Å². The molecule has 1 aliphatic heterocycles. The van der Waals surface area contributed by atoms with Crippen LogP contribution in [0.2, 0.25) is 0 Å². The molecule has 0 atom stereocenters. The molecule has 0 aliphatic carbocycles. The number of benzene rings is 3.